The number of rotatable bonds is 6. The molecule has 1 N–H and O–H groups in total. The van der Waals surface area contributed by atoms with Gasteiger partial charge in [0.1, 0.15) is 0 Å². The normalized spacial score (nSPS) is 11.7. The standard InChI is InChI=1S/C12H22N4S2/c1-10-15-11(9-18-10)8-16(3)12(13-2)14-6-5-7-17-4/h9H,5-8H2,1-4H3,(H,13,14). The summed E-state index contributed by atoms with van der Waals surface area (Å²) in [6, 6.07) is 0. The Morgan fingerprint density at radius 1 is 1.61 bits per heavy atom. The van der Waals surface area contributed by atoms with Gasteiger partial charge in [-0.15, -0.1) is 11.3 Å². The molecule has 102 valence electrons. The molecule has 0 bridgehead atoms. The predicted octanol–water partition coefficient (Wildman–Crippen LogP) is 2.21. The molecule has 0 aromatic carbocycles. The molecule has 1 rings (SSSR count). The molecule has 0 radical (unpaired) electrons. The van der Waals surface area contributed by atoms with Crippen molar-refractivity contribution in [2.45, 2.75) is 19.9 Å². The number of hydrogen-bond donors (Lipinski definition) is 1. The van der Waals surface area contributed by atoms with Gasteiger partial charge in [-0.05, 0) is 25.4 Å². The average molecular weight is 286 g/mol. The van der Waals surface area contributed by atoms with Crippen molar-refractivity contribution in [1.29, 1.82) is 0 Å². The minimum absolute atomic E-state index is 0.798. The molecule has 0 fully saturated rings. The second-order valence-corrected chi connectivity index (χ2v) is 6.08. The maximum atomic E-state index is 4.47. The Morgan fingerprint density at radius 3 is 2.94 bits per heavy atom. The SMILES string of the molecule is CN=C(NCCCSC)N(C)Cc1csc(C)n1. The highest BCUT2D eigenvalue weighted by Gasteiger charge is 2.07. The highest BCUT2D eigenvalue weighted by Crippen LogP contribution is 2.09. The predicted molar refractivity (Wildman–Crippen MR) is 82.7 cm³/mol. The van der Waals surface area contributed by atoms with Gasteiger partial charge in [0.25, 0.3) is 0 Å². The van der Waals surface area contributed by atoms with Gasteiger partial charge < -0.3 is 10.2 Å². The van der Waals surface area contributed by atoms with Crippen LogP contribution in [0.25, 0.3) is 0 Å². The molecule has 0 saturated carbocycles. The Hall–Kier alpha value is -0.750. The summed E-state index contributed by atoms with van der Waals surface area (Å²) in [6.45, 7) is 3.80. The Labute approximate surface area is 118 Å². The van der Waals surface area contributed by atoms with Crippen LogP contribution in [-0.2, 0) is 6.54 Å². The minimum Gasteiger partial charge on any atom is -0.356 e. The summed E-state index contributed by atoms with van der Waals surface area (Å²) < 4.78 is 0. The first-order valence-electron chi connectivity index (χ1n) is 5.99. The maximum Gasteiger partial charge on any atom is 0.193 e. The molecule has 0 saturated heterocycles. The fourth-order valence-corrected chi connectivity index (χ4v) is 2.64. The maximum absolute atomic E-state index is 4.47. The number of thiazole rings is 1. The van der Waals surface area contributed by atoms with Crippen LogP contribution in [-0.4, -0.2) is 48.5 Å². The molecule has 0 aliphatic rings. The van der Waals surface area contributed by atoms with Gasteiger partial charge >= 0.3 is 0 Å². The molecule has 0 aliphatic carbocycles. The number of thioether (sulfide) groups is 1. The Bertz CT molecular complexity index is 376. The van der Waals surface area contributed by atoms with Crippen LogP contribution in [0.15, 0.2) is 10.4 Å². The van der Waals surface area contributed by atoms with Gasteiger partial charge in [-0.3, -0.25) is 4.99 Å². The molecule has 6 heteroatoms. The van der Waals surface area contributed by atoms with Crippen molar-refractivity contribution in [2.75, 3.05) is 32.6 Å². The third kappa shape index (κ3) is 5.27. The lowest BCUT2D eigenvalue weighted by molar-refractivity contribution is 0.471. The second kappa shape index (κ2) is 8.37. The lowest BCUT2D eigenvalue weighted by atomic mass is 10.4. The molecule has 0 unspecified atom stereocenters. The van der Waals surface area contributed by atoms with E-state index in [0.717, 1.165) is 36.2 Å². The number of nitrogens with one attached hydrogen (secondary N) is 1. The van der Waals surface area contributed by atoms with Crippen molar-refractivity contribution >= 4 is 29.1 Å². The molecule has 0 aliphatic heterocycles. The van der Waals surface area contributed by atoms with Gasteiger partial charge in [-0.25, -0.2) is 4.98 Å². The summed E-state index contributed by atoms with van der Waals surface area (Å²) in [4.78, 5) is 10.9. The van der Waals surface area contributed by atoms with E-state index in [1.54, 1.807) is 11.3 Å². The third-order valence-electron chi connectivity index (χ3n) is 2.45. The van der Waals surface area contributed by atoms with Gasteiger partial charge in [-0.1, -0.05) is 0 Å². The van der Waals surface area contributed by atoms with Crippen LogP contribution in [0.4, 0.5) is 0 Å². The summed E-state index contributed by atoms with van der Waals surface area (Å²) in [6.07, 6.45) is 3.29. The molecule has 1 aromatic heterocycles. The zero-order chi connectivity index (χ0) is 13.4. The van der Waals surface area contributed by atoms with E-state index in [0.29, 0.717) is 0 Å². The lowest BCUT2D eigenvalue weighted by Crippen LogP contribution is -2.39. The fraction of sp³-hybridized carbons (Fsp3) is 0.667. The molecule has 0 atom stereocenters. The number of aryl methyl sites for hydroxylation is 1. The van der Waals surface area contributed by atoms with Crippen LogP contribution in [0.5, 0.6) is 0 Å². The van der Waals surface area contributed by atoms with Crippen LogP contribution in [0.1, 0.15) is 17.1 Å². The first-order chi connectivity index (χ1) is 8.67. The quantitative estimate of drug-likeness (QED) is 0.494. The van der Waals surface area contributed by atoms with Crippen molar-refractivity contribution in [3.63, 3.8) is 0 Å². The Morgan fingerprint density at radius 2 is 2.39 bits per heavy atom. The number of aromatic nitrogens is 1. The van der Waals surface area contributed by atoms with Gasteiger partial charge in [0.05, 0.1) is 17.2 Å². The smallest absolute Gasteiger partial charge is 0.193 e. The van der Waals surface area contributed by atoms with Crippen molar-refractivity contribution in [2.24, 2.45) is 4.99 Å². The Balaban J connectivity index is 2.40. The summed E-state index contributed by atoms with van der Waals surface area (Å²) in [5.41, 5.74) is 1.10. The summed E-state index contributed by atoms with van der Waals surface area (Å²) in [5, 5.41) is 6.59. The van der Waals surface area contributed by atoms with Crippen LogP contribution in [0.3, 0.4) is 0 Å². The highest BCUT2D eigenvalue weighted by molar-refractivity contribution is 7.98. The number of hydrogen-bond acceptors (Lipinski definition) is 4. The zero-order valence-corrected chi connectivity index (χ0v) is 13.2. The van der Waals surface area contributed by atoms with Crippen LogP contribution >= 0.6 is 23.1 Å². The molecule has 4 nitrogen and oxygen atoms in total. The minimum atomic E-state index is 0.798. The van der Waals surface area contributed by atoms with Gasteiger partial charge in [0.2, 0.25) is 0 Å². The molecule has 1 aromatic rings. The first kappa shape index (κ1) is 15.3. The second-order valence-electron chi connectivity index (χ2n) is 4.03. The zero-order valence-electron chi connectivity index (χ0n) is 11.6. The summed E-state index contributed by atoms with van der Waals surface area (Å²) >= 11 is 3.56. The highest BCUT2D eigenvalue weighted by atomic mass is 32.2. The average Bonchev–Trinajstić information content (AvgIpc) is 2.75. The largest absolute Gasteiger partial charge is 0.356 e. The molecular weight excluding hydrogens is 264 g/mol. The van der Waals surface area contributed by atoms with E-state index < -0.39 is 0 Å². The third-order valence-corrected chi connectivity index (χ3v) is 3.97. The van der Waals surface area contributed by atoms with Crippen molar-refractivity contribution in [1.82, 2.24) is 15.2 Å². The molecule has 0 amide bonds. The number of guanidine groups is 1. The lowest BCUT2D eigenvalue weighted by Gasteiger charge is -2.21. The monoisotopic (exact) mass is 286 g/mol. The topological polar surface area (TPSA) is 40.5 Å². The van der Waals surface area contributed by atoms with Crippen LogP contribution in [0, 0.1) is 6.92 Å². The van der Waals surface area contributed by atoms with E-state index in [1.165, 1.54) is 5.75 Å². The number of nitrogens with zero attached hydrogens (tertiary/aromatic N) is 3. The van der Waals surface area contributed by atoms with E-state index >= 15 is 0 Å². The van der Waals surface area contributed by atoms with Gasteiger partial charge in [-0.2, -0.15) is 11.8 Å². The van der Waals surface area contributed by atoms with E-state index in [1.807, 2.05) is 32.8 Å². The molecule has 18 heavy (non-hydrogen) atoms. The van der Waals surface area contributed by atoms with E-state index in [4.69, 9.17) is 0 Å². The Kier molecular flexibility index (Phi) is 7.12. The van der Waals surface area contributed by atoms with Gasteiger partial charge in [0, 0.05) is 26.0 Å². The first-order valence-corrected chi connectivity index (χ1v) is 8.26. The fourth-order valence-electron chi connectivity index (χ4n) is 1.60. The van der Waals surface area contributed by atoms with Gasteiger partial charge in [0.15, 0.2) is 5.96 Å². The molecule has 1 heterocycles. The van der Waals surface area contributed by atoms with E-state index in [2.05, 4.69) is 31.8 Å². The number of aliphatic imine (C=N–C) groups is 1. The van der Waals surface area contributed by atoms with Crippen LogP contribution < -0.4 is 5.32 Å². The molecular formula is C12H22N4S2. The van der Waals surface area contributed by atoms with Crippen molar-refractivity contribution in [3.8, 4) is 0 Å². The van der Waals surface area contributed by atoms with Crippen LogP contribution in [0.2, 0.25) is 0 Å². The summed E-state index contributed by atoms with van der Waals surface area (Å²) in [5.74, 6) is 2.11. The van der Waals surface area contributed by atoms with E-state index in [9.17, 15) is 0 Å². The molecule has 0 spiro atoms. The van der Waals surface area contributed by atoms with Crippen molar-refractivity contribution in [3.05, 3.63) is 16.1 Å². The van der Waals surface area contributed by atoms with Crippen molar-refractivity contribution < 1.29 is 0 Å². The van der Waals surface area contributed by atoms with E-state index in [-0.39, 0.29) is 0 Å². The summed E-state index contributed by atoms with van der Waals surface area (Å²) in [7, 11) is 3.86.